The van der Waals surface area contributed by atoms with Crippen molar-refractivity contribution in [3.8, 4) is 5.75 Å². The first-order valence-electron chi connectivity index (χ1n) is 9.90. The van der Waals surface area contributed by atoms with Gasteiger partial charge < -0.3 is 10.1 Å². The van der Waals surface area contributed by atoms with Gasteiger partial charge in [-0.25, -0.2) is 8.42 Å². The lowest BCUT2D eigenvalue weighted by atomic mass is 10.2. The molecule has 3 aromatic rings. The normalized spacial score (nSPS) is 10.8. The Morgan fingerprint density at radius 2 is 1.56 bits per heavy atom. The third kappa shape index (κ3) is 6.53. The van der Waals surface area contributed by atoms with Gasteiger partial charge in [0.2, 0.25) is 0 Å². The molecule has 1 amide bonds. The van der Waals surface area contributed by atoms with Gasteiger partial charge in [-0.15, -0.1) is 0 Å². The van der Waals surface area contributed by atoms with Crippen molar-refractivity contribution in [1.29, 1.82) is 0 Å². The van der Waals surface area contributed by atoms with Gasteiger partial charge in [-0.2, -0.15) is 0 Å². The van der Waals surface area contributed by atoms with Gasteiger partial charge in [0.05, 0.1) is 11.5 Å². The summed E-state index contributed by atoms with van der Waals surface area (Å²) in [4.78, 5) is 12.5. The van der Waals surface area contributed by atoms with Crippen molar-refractivity contribution in [2.45, 2.75) is 18.2 Å². The predicted molar refractivity (Wildman–Crippen MR) is 130 cm³/mol. The lowest BCUT2D eigenvalue weighted by molar-refractivity contribution is 0.0977. The Balaban J connectivity index is 1.56. The summed E-state index contributed by atoms with van der Waals surface area (Å²) in [6.45, 7) is 2.63. The molecule has 0 spiro atoms. The number of hydrogen-bond acceptors (Lipinski definition) is 5. The first kappa shape index (κ1) is 23.2. The number of amides is 1. The topological polar surface area (TPSA) is 96.5 Å². The van der Waals surface area contributed by atoms with Crippen LogP contribution in [0.15, 0.2) is 83.8 Å². The van der Waals surface area contributed by atoms with E-state index in [-0.39, 0.29) is 15.9 Å². The average Bonchev–Trinajstić information content (AvgIpc) is 2.78. The minimum atomic E-state index is -3.71. The fourth-order valence-electron chi connectivity index (χ4n) is 2.70. The second-order valence-corrected chi connectivity index (χ2v) is 8.87. The Morgan fingerprint density at radius 1 is 0.906 bits per heavy atom. The zero-order chi connectivity index (χ0) is 23.0. The molecule has 32 heavy (non-hydrogen) atoms. The zero-order valence-corrected chi connectivity index (χ0v) is 19.0. The van der Waals surface area contributed by atoms with Crippen molar-refractivity contribution >= 4 is 44.6 Å². The van der Waals surface area contributed by atoms with Crippen molar-refractivity contribution < 1.29 is 17.9 Å². The lowest BCUT2D eigenvalue weighted by Crippen LogP contribution is -2.34. The highest BCUT2D eigenvalue weighted by atomic mass is 32.2. The molecular formula is C23H23N3O4S2. The van der Waals surface area contributed by atoms with E-state index in [4.69, 9.17) is 17.0 Å². The number of rotatable bonds is 8. The summed E-state index contributed by atoms with van der Waals surface area (Å²) < 4.78 is 33.0. The van der Waals surface area contributed by atoms with Crippen LogP contribution in [-0.2, 0) is 10.0 Å². The van der Waals surface area contributed by atoms with Crippen LogP contribution in [-0.4, -0.2) is 26.0 Å². The Hall–Kier alpha value is -3.43. The molecule has 9 heteroatoms. The molecule has 166 valence electrons. The summed E-state index contributed by atoms with van der Waals surface area (Å²) in [6, 6.07) is 21.4. The van der Waals surface area contributed by atoms with Crippen molar-refractivity contribution in [3.63, 3.8) is 0 Å². The van der Waals surface area contributed by atoms with Gasteiger partial charge in [0, 0.05) is 16.9 Å². The van der Waals surface area contributed by atoms with E-state index in [0.29, 0.717) is 29.3 Å². The van der Waals surface area contributed by atoms with Gasteiger partial charge >= 0.3 is 0 Å². The molecule has 7 nitrogen and oxygen atoms in total. The molecule has 0 saturated carbocycles. The molecule has 3 aromatic carbocycles. The number of thiocarbonyl (C=S) groups is 1. The van der Waals surface area contributed by atoms with E-state index in [1.165, 1.54) is 12.1 Å². The van der Waals surface area contributed by atoms with E-state index < -0.39 is 10.0 Å². The number of ether oxygens (including phenoxy) is 1. The molecule has 0 aromatic heterocycles. The van der Waals surface area contributed by atoms with E-state index in [1.807, 2.05) is 6.92 Å². The predicted octanol–water partition coefficient (Wildman–Crippen LogP) is 4.40. The molecule has 0 atom stereocenters. The van der Waals surface area contributed by atoms with Crippen LogP contribution >= 0.6 is 12.2 Å². The standard InChI is InChI=1S/C23H23N3O4S2/c1-2-16-30-20-12-8-17(9-13-20)22(27)25-23(31)24-18-10-14-21(15-11-18)32(28,29)26-19-6-4-3-5-7-19/h3-15,26H,2,16H2,1H3,(H2,24,25,27,31). The number of anilines is 2. The molecule has 0 heterocycles. The van der Waals surface area contributed by atoms with Crippen LogP contribution in [0.25, 0.3) is 0 Å². The third-order valence-corrected chi connectivity index (χ3v) is 5.87. The molecule has 3 N–H and O–H groups in total. The van der Waals surface area contributed by atoms with E-state index in [1.54, 1.807) is 66.7 Å². The smallest absolute Gasteiger partial charge is 0.261 e. The quantitative estimate of drug-likeness (QED) is 0.423. The van der Waals surface area contributed by atoms with E-state index in [2.05, 4.69) is 15.4 Å². The van der Waals surface area contributed by atoms with Crippen molar-refractivity contribution in [3.05, 3.63) is 84.4 Å². The maximum Gasteiger partial charge on any atom is 0.261 e. The van der Waals surface area contributed by atoms with Gasteiger partial charge in [0.15, 0.2) is 5.11 Å². The average molecular weight is 470 g/mol. The van der Waals surface area contributed by atoms with Crippen molar-refractivity contribution in [1.82, 2.24) is 5.32 Å². The maximum atomic E-state index is 12.5. The Labute approximate surface area is 192 Å². The monoisotopic (exact) mass is 469 g/mol. The van der Waals surface area contributed by atoms with Crippen LogP contribution in [0, 0.1) is 0 Å². The van der Waals surface area contributed by atoms with Crippen LogP contribution in [0.3, 0.4) is 0 Å². The van der Waals surface area contributed by atoms with Crippen LogP contribution in [0.5, 0.6) is 5.75 Å². The summed E-state index contributed by atoms with van der Waals surface area (Å²) in [5.74, 6) is 0.330. The molecule has 0 unspecified atom stereocenters. The summed E-state index contributed by atoms with van der Waals surface area (Å²) in [5, 5.41) is 5.56. The summed E-state index contributed by atoms with van der Waals surface area (Å²) in [7, 11) is -3.71. The van der Waals surface area contributed by atoms with Gasteiger partial charge in [-0.05, 0) is 79.3 Å². The van der Waals surface area contributed by atoms with Gasteiger partial charge in [0.1, 0.15) is 5.75 Å². The van der Waals surface area contributed by atoms with Crippen molar-refractivity contribution in [2.24, 2.45) is 0 Å². The lowest BCUT2D eigenvalue weighted by Gasteiger charge is -2.11. The molecule has 0 fully saturated rings. The second-order valence-electron chi connectivity index (χ2n) is 6.78. The minimum absolute atomic E-state index is 0.0966. The van der Waals surface area contributed by atoms with Crippen LogP contribution in [0.2, 0.25) is 0 Å². The third-order valence-electron chi connectivity index (χ3n) is 4.26. The summed E-state index contributed by atoms with van der Waals surface area (Å²) >= 11 is 5.19. The maximum absolute atomic E-state index is 12.5. The second kappa shape index (κ2) is 10.7. The number of sulfonamides is 1. The number of hydrogen-bond donors (Lipinski definition) is 3. The number of para-hydroxylation sites is 1. The number of carbonyl (C=O) groups excluding carboxylic acids is 1. The van der Waals surface area contributed by atoms with Crippen LogP contribution in [0.1, 0.15) is 23.7 Å². The molecule has 0 aliphatic carbocycles. The molecule has 0 radical (unpaired) electrons. The number of nitrogens with one attached hydrogen (secondary N) is 3. The van der Waals surface area contributed by atoms with E-state index in [0.717, 1.165) is 6.42 Å². The van der Waals surface area contributed by atoms with Crippen LogP contribution < -0.4 is 20.1 Å². The Bertz CT molecular complexity index is 1160. The highest BCUT2D eigenvalue weighted by Gasteiger charge is 2.14. The van der Waals surface area contributed by atoms with Gasteiger partial charge in [0.25, 0.3) is 15.9 Å². The molecule has 0 aliphatic rings. The van der Waals surface area contributed by atoms with E-state index in [9.17, 15) is 13.2 Å². The largest absolute Gasteiger partial charge is 0.494 e. The highest BCUT2D eigenvalue weighted by molar-refractivity contribution is 7.92. The minimum Gasteiger partial charge on any atom is -0.494 e. The van der Waals surface area contributed by atoms with Gasteiger partial charge in [-0.3, -0.25) is 14.8 Å². The van der Waals surface area contributed by atoms with Gasteiger partial charge in [-0.1, -0.05) is 25.1 Å². The van der Waals surface area contributed by atoms with Crippen molar-refractivity contribution in [2.75, 3.05) is 16.6 Å². The number of carbonyl (C=O) groups is 1. The van der Waals surface area contributed by atoms with E-state index >= 15 is 0 Å². The number of benzene rings is 3. The first-order chi connectivity index (χ1) is 15.4. The molecule has 0 saturated heterocycles. The highest BCUT2D eigenvalue weighted by Crippen LogP contribution is 2.18. The molecule has 3 rings (SSSR count). The summed E-state index contributed by atoms with van der Waals surface area (Å²) in [5.41, 5.74) is 1.45. The summed E-state index contributed by atoms with van der Waals surface area (Å²) in [6.07, 6.45) is 0.901. The Kier molecular flexibility index (Phi) is 7.80. The first-order valence-corrected chi connectivity index (χ1v) is 11.8. The SMILES string of the molecule is CCCOc1ccc(C(=O)NC(=S)Nc2ccc(S(=O)(=O)Nc3ccccc3)cc2)cc1. The molecule has 0 bridgehead atoms. The molecular weight excluding hydrogens is 446 g/mol. The fourth-order valence-corrected chi connectivity index (χ4v) is 3.97. The Morgan fingerprint density at radius 3 is 2.19 bits per heavy atom. The zero-order valence-electron chi connectivity index (χ0n) is 17.4. The molecule has 0 aliphatic heterocycles. The van der Waals surface area contributed by atoms with Crippen LogP contribution in [0.4, 0.5) is 11.4 Å². The fraction of sp³-hybridized carbons (Fsp3) is 0.130.